The lowest BCUT2D eigenvalue weighted by Gasteiger charge is -2.63. The summed E-state index contributed by atoms with van der Waals surface area (Å²) in [6.45, 7) is 10.1. The Balaban J connectivity index is 0.927. The molecule has 0 aromatic heterocycles. The van der Waals surface area contributed by atoms with Gasteiger partial charge in [0.2, 0.25) is 0 Å². The summed E-state index contributed by atoms with van der Waals surface area (Å²) in [5, 5.41) is 23.6. The van der Waals surface area contributed by atoms with Gasteiger partial charge in [-0.3, -0.25) is 9.59 Å². The van der Waals surface area contributed by atoms with E-state index >= 15 is 0 Å². The van der Waals surface area contributed by atoms with Crippen molar-refractivity contribution in [3.63, 3.8) is 0 Å². The van der Waals surface area contributed by atoms with Crippen LogP contribution in [0.4, 0.5) is 0 Å². The number of hydrogen-bond acceptors (Lipinski definition) is 8. The number of rotatable bonds is 8. The summed E-state index contributed by atoms with van der Waals surface area (Å²) in [6, 6.07) is 0. The first-order chi connectivity index (χ1) is 22.2. The number of hydrogen-bond donors (Lipinski definition) is 2. The number of ether oxygens (including phenoxy) is 3. The van der Waals surface area contributed by atoms with Crippen molar-refractivity contribution >= 4 is 17.9 Å². The maximum Gasteiger partial charge on any atom is 0.344 e. The fourth-order valence-electron chi connectivity index (χ4n) is 13.8. The Hall–Kier alpha value is -1.67. The van der Waals surface area contributed by atoms with Crippen LogP contribution >= 0.6 is 0 Å². The van der Waals surface area contributed by atoms with Crippen molar-refractivity contribution in [3.05, 3.63) is 0 Å². The predicted molar refractivity (Wildman–Crippen MR) is 174 cm³/mol. The fraction of sp³-hybridized carbons (Fsp3) is 0.923. The molecule has 0 aromatic carbocycles. The number of aliphatic hydroxyl groups excluding tert-OH is 2. The number of fused-ring (bicyclic) bond motifs is 5. The fourth-order valence-corrected chi connectivity index (χ4v) is 13.8. The minimum absolute atomic E-state index is 0.0188. The van der Waals surface area contributed by atoms with Crippen LogP contribution in [0.25, 0.3) is 0 Å². The molecule has 0 heterocycles. The number of carbonyl (C=O) groups excluding carboxylic acids is 3. The number of carbonyl (C=O) groups is 3. The first-order valence-corrected chi connectivity index (χ1v) is 19.1. The molecule has 8 rings (SSSR count). The lowest BCUT2D eigenvalue weighted by Crippen LogP contribution is -2.62. The van der Waals surface area contributed by atoms with Crippen molar-refractivity contribution < 1.29 is 38.8 Å². The standard InChI is InChI=1S/C39H60O8/c1-21(6-9-34(43)45-20-35(44)47-39(5)26-13-23-12-24(15-26)16-27(39)14-23)29-7-8-30-36-31(19-33(42)38(29,30)4)37(3)11-10-28(46-22(2)40)17-25(37)18-32(36)41/h21,23-33,36,41-42H,6-20H2,1-5H3/t21?,23?,24?,25?,26?,27?,28-,29?,30?,31?,32-,33+,36?,37+,38-,39?/m1/s1. The Morgan fingerprint density at radius 2 is 1.49 bits per heavy atom. The van der Waals surface area contributed by atoms with Crippen molar-refractivity contribution in [3.8, 4) is 0 Å². The summed E-state index contributed by atoms with van der Waals surface area (Å²) in [5.74, 6) is 2.79. The highest BCUT2D eigenvalue weighted by molar-refractivity contribution is 5.76. The third-order valence-electron chi connectivity index (χ3n) is 16.1. The van der Waals surface area contributed by atoms with E-state index in [0.29, 0.717) is 24.7 Å². The Labute approximate surface area is 281 Å². The van der Waals surface area contributed by atoms with Crippen LogP contribution in [0.1, 0.15) is 125 Å². The normalized spacial score (nSPS) is 50.1. The van der Waals surface area contributed by atoms with Crippen LogP contribution in [0.3, 0.4) is 0 Å². The molecular formula is C39H60O8. The van der Waals surface area contributed by atoms with Gasteiger partial charge in [-0.25, -0.2) is 4.79 Å². The zero-order valence-electron chi connectivity index (χ0n) is 29.5. The minimum Gasteiger partial charge on any atom is -0.463 e. The van der Waals surface area contributed by atoms with E-state index in [1.54, 1.807) is 0 Å². The van der Waals surface area contributed by atoms with E-state index in [4.69, 9.17) is 14.2 Å². The molecular weight excluding hydrogens is 596 g/mol. The second-order valence-electron chi connectivity index (χ2n) is 18.2. The largest absolute Gasteiger partial charge is 0.463 e. The van der Waals surface area contributed by atoms with Crippen LogP contribution in [0.15, 0.2) is 0 Å². The van der Waals surface area contributed by atoms with E-state index in [-0.39, 0.29) is 77.4 Å². The lowest BCUT2D eigenvalue weighted by molar-refractivity contribution is -0.209. The number of aliphatic hydroxyl groups is 2. The SMILES string of the molecule is CC(=O)O[C@@H]1CC[C@@]2(C)C(C1)C[C@@H](O)C1C2C[C@H](O)[C@]2(C)C(C(C)CCC(=O)OCC(=O)OC3(C)C4CC5CC(C4)CC3C5)CCC12. The maximum atomic E-state index is 12.9. The summed E-state index contributed by atoms with van der Waals surface area (Å²) in [6.07, 6.45) is 11.9. The van der Waals surface area contributed by atoms with Gasteiger partial charge in [-0.15, -0.1) is 0 Å². The average Bonchev–Trinajstić information content (AvgIpc) is 3.36. The zero-order valence-corrected chi connectivity index (χ0v) is 29.5. The van der Waals surface area contributed by atoms with E-state index in [1.165, 1.54) is 13.3 Å². The Bertz CT molecular complexity index is 1200. The molecule has 0 amide bonds. The van der Waals surface area contributed by atoms with Gasteiger partial charge in [0, 0.05) is 13.3 Å². The van der Waals surface area contributed by atoms with Gasteiger partial charge >= 0.3 is 17.9 Å². The summed E-state index contributed by atoms with van der Waals surface area (Å²) < 4.78 is 17.1. The molecule has 6 unspecified atom stereocenters. The second-order valence-corrected chi connectivity index (χ2v) is 18.2. The van der Waals surface area contributed by atoms with Gasteiger partial charge in [-0.05, 0) is 160 Å². The van der Waals surface area contributed by atoms with Crippen molar-refractivity contribution in [1.82, 2.24) is 0 Å². The molecule has 2 N–H and O–H groups in total. The van der Waals surface area contributed by atoms with Gasteiger partial charge in [-0.2, -0.15) is 0 Å². The molecule has 8 heteroatoms. The van der Waals surface area contributed by atoms with Crippen LogP contribution in [0, 0.1) is 70.0 Å². The van der Waals surface area contributed by atoms with E-state index < -0.39 is 23.8 Å². The topological polar surface area (TPSA) is 119 Å². The molecule has 8 saturated carbocycles. The number of esters is 3. The van der Waals surface area contributed by atoms with Gasteiger partial charge in [0.1, 0.15) is 11.7 Å². The third kappa shape index (κ3) is 5.67. The molecule has 8 nitrogen and oxygen atoms in total. The summed E-state index contributed by atoms with van der Waals surface area (Å²) in [7, 11) is 0. The summed E-state index contributed by atoms with van der Waals surface area (Å²) in [4.78, 5) is 37.4. The molecule has 0 spiro atoms. The minimum atomic E-state index is -0.467. The van der Waals surface area contributed by atoms with E-state index in [2.05, 4.69) is 27.7 Å². The van der Waals surface area contributed by atoms with E-state index in [1.807, 2.05) is 0 Å². The molecule has 8 fully saturated rings. The van der Waals surface area contributed by atoms with Gasteiger partial charge in [0.15, 0.2) is 6.61 Å². The second kappa shape index (κ2) is 12.3. The Kier molecular flexibility index (Phi) is 8.83. The smallest absolute Gasteiger partial charge is 0.344 e. The van der Waals surface area contributed by atoms with Crippen molar-refractivity contribution in [2.45, 2.75) is 148 Å². The summed E-state index contributed by atoms with van der Waals surface area (Å²) in [5.41, 5.74) is -0.722. The van der Waals surface area contributed by atoms with E-state index in [9.17, 15) is 24.6 Å². The molecule has 4 bridgehead atoms. The molecule has 11 atom stereocenters. The Morgan fingerprint density at radius 1 is 0.809 bits per heavy atom. The van der Waals surface area contributed by atoms with Gasteiger partial charge in [0.05, 0.1) is 12.2 Å². The highest BCUT2D eigenvalue weighted by Gasteiger charge is 2.66. The van der Waals surface area contributed by atoms with Gasteiger partial charge in [-0.1, -0.05) is 20.8 Å². The molecule has 47 heavy (non-hydrogen) atoms. The van der Waals surface area contributed by atoms with E-state index in [0.717, 1.165) is 76.0 Å². The van der Waals surface area contributed by atoms with Crippen molar-refractivity contribution in [2.75, 3.05) is 6.61 Å². The molecule has 8 aliphatic carbocycles. The first-order valence-electron chi connectivity index (χ1n) is 19.1. The molecule has 0 aliphatic heterocycles. The van der Waals surface area contributed by atoms with Crippen LogP contribution in [-0.2, 0) is 28.6 Å². The van der Waals surface area contributed by atoms with Crippen LogP contribution in [0.5, 0.6) is 0 Å². The highest BCUT2D eigenvalue weighted by Crippen LogP contribution is 2.68. The van der Waals surface area contributed by atoms with Crippen LogP contribution in [0.2, 0.25) is 0 Å². The predicted octanol–water partition coefficient (Wildman–Crippen LogP) is 6.24. The molecule has 0 aromatic rings. The molecule has 0 saturated heterocycles. The average molecular weight is 657 g/mol. The third-order valence-corrected chi connectivity index (χ3v) is 16.1. The highest BCUT2D eigenvalue weighted by atomic mass is 16.6. The lowest BCUT2D eigenvalue weighted by atomic mass is 9.43. The zero-order chi connectivity index (χ0) is 33.5. The molecule has 0 radical (unpaired) electrons. The summed E-state index contributed by atoms with van der Waals surface area (Å²) >= 11 is 0. The van der Waals surface area contributed by atoms with Gasteiger partial charge < -0.3 is 24.4 Å². The van der Waals surface area contributed by atoms with Gasteiger partial charge in [0.25, 0.3) is 0 Å². The van der Waals surface area contributed by atoms with Crippen LogP contribution in [-0.4, -0.2) is 58.6 Å². The molecule has 264 valence electrons. The van der Waals surface area contributed by atoms with Crippen LogP contribution < -0.4 is 0 Å². The van der Waals surface area contributed by atoms with Crippen molar-refractivity contribution in [2.24, 2.45) is 70.0 Å². The molecule has 8 aliphatic rings. The monoisotopic (exact) mass is 656 g/mol. The quantitative estimate of drug-likeness (QED) is 0.233. The Morgan fingerprint density at radius 3 is 2.15 bits per heavy atom. The maximum absolute atomic E-state index is 12.9. The first kappa shape index (κ1) is 33.8. The van der Waals surface area contributed by atoms with Crippen molar-refractivity contribution in [1.29, 1.82) is 0 Å².